The lowest BCUT2D eigenvalue weighted by Crippen LogP contribution is -2.16. The first-order valence-electron chi connectivity index (χ1n) is 5.69. The van der Waals surface area contributed by atoms with Gasteiger partial charge in [0.1, 0.15) is 11.3 Å². The van der Waals surface area contributed by atoms with E-state index in [1.165, 1.54) is 30.3 Å². The van der Waals surface area contributed by atoms with E-state index in [4.69, 9.17) is 5.73 Å². The average molecular weight is 270 g/mol. The van der Waals surface area contributed by atoms with Gasteiger partial charge in [0.2, 0.25) is 11.6 Å². The minimum absolute atomic E-state index is 0.151. The van der Waals surface area contributed by atoms with Crippen LogP contribution >= 0.6 is 0 Å². The molecule has 2 aromatic rings. The van der Waals surface area contributed by atoms with Crippen LogP contribution in [-0.4, -0.2) is 16.5 Å². The molecule has 0 radical (unpaired) electrons. The zero-order chi connectivity index (χ0) is 14.7. The molecule has 2 rings (SSSR count). The Balaban J connectivity index is 2.47. The SMILES string of the molecule is Nc1cccc(C(=O)C(=O)c2ccccc2)c1[N+](=O)[O-]. The van der Waals surface area contributed by atoms with Crippen LogP contribution in [0.4, 0.5) is 11.4 Å². The second-order valence-electron chi connectivity index (χ2n) is 4.02. The van der Waals surface area contributed by atoms with E-state index >= 15 is 0 Å². The second-order valence-corrected chi connectivity index (χ2v) is 4.02. The number of ketones is 2. The average Bonchev–Trinajstić information content (AvgIpc) is 2.46. The number of carbonyl (C=O) groups is 2. The fourth-order valence-corrected chi connectivity index (χ4v) is 1.79. The first kappa shape index (κ1) is 13.4. The molecular formula is C14H10N2O4. The molecule has 0 spiro atoms. The Labute approximate surface area is 114 Å². The van der Waals surface area contributed by atoms with Gasteiger partial charge in [0.05, 0.1) is 4.92 Å². The molecule has 0 aliphatic heterocycles. The van der Waals surface area contributed by atoms with E-state index in [0.29, 0.717) is 0 Å². The molecule has 20 heavy (non-hydrogen) atoms. The third-order valence-corrected chi connectivity index (χ3v) is 2.74. The molecule has 0 atom stereocenters. The quantitative estimate of drug-likeness (QED) is 0.301. The summed E-state index contributed by atoms with van der Waals surface area (Å²) in [6.07, 6.45) is 0. The highest BCUT2D eigenvalue weighted by Gasteiger charge is 2.28. The molecule has 0 aliphatic rings. The van der Waals surface area contributed by atoms with E-state index in [1.54, 1.807) is 18.2 Å². The fourth-order valence-electron chi connectivity index (χ4n) is 1.79. The number of nitrogen functional groups attached to an aromatic ring is 1. The van der Waals surface area contributed by atoms with Crippen LogP contribution in [0, 0.1) is 10.1 Å². The molecule has 6 nitrogen and oxygen atoms in total. The molecule has 2 N–H and O–H groups in total. The van der Waals surface area contributed by atoms with Crippen LogP contribution in [0.5, 0.6) is 0 Å². The third-order valence-electron chi connectivity index (χ3n) is 2.74. The largest absolute Gasteiger partial charge is 0.393 e. The van der Waals surface area contributed by atoms with E-state index in [2.05, 4.69) is 0 Å². The lowest BCUT2D eigenvalue weighted by atomic mass is 9.99. The van der Waals surface area contributed by atoms with Crippen molar-refractivity contribution >= 4 is 22.9 Å². The lowest BCUT2D eigenvalue weighted by Gasteiger charge is -2.04. The van der Waals surface area contributed by atoms with E-state index in [9.17, 15) is 19.7 Å². The Morgan fingerprint density at radius 3 is 2.20 bits per heavy atom. The van der Waals surface area contributed by atoms with Gasteiger partial charge in [-0.3, -0.25) is 19.7 Å². The summed E-state index contributed by atoms with van der Waals surface area (Å²) in [7, 11) is 0. The lowest BCUT2D eigenvalue weighted by molar-refractivity contribution is -0.384. The van der Waals surface area contributed by atoms with E-state index < -0.39 is 22.2 Å². The number of benzene rings is 2. The highest BCUT2D eigenvalue weighted by atomic mass is 16.6. The number of hydrogen-bond donors (Lipinski definition) is 1. The topological polar surface area (TPSA) is 103 Å². The maximum atomic E-state index is 12.1. The zero-order valence-electron chi connectivity index (χ0n) is 10.3. The van der Waals surface area contributed by atoms with Crippen LogP contribution in [0.3, 0.4) is 0 Å². The molecule has 0 bridgehead atoms. The van der Waals surface area contributed by atoms with Crippen molar-refractivity contribution in [3.8, 4) is 0 Å². The van der Waals surface area contributed by atoms with Gasteiger partial charge in [0.25, 0.3) is 0 Å². The first-order chi connectivity index (χ1) is 9.52. The van der Waals surface area contributed by atoms with Crippen molar-refractivity contribution in [3.05, 3.63) is 69.8 Å². The Morgan fingerprint density at radius 1 is 0.950 bits per heavy atom. The van der Waals surface area contributed by atoms with Gasteiger partial charge in [0, 0.05) is 5.56 Å². The zero-order valence-corrected chi connectivity index (χ0v) is 10.3. The highest BCUT2D eigenvalue weighted by molar-refractivity contribution is 6.50. The number of Topliss-reactive ketones (excluding diaryl/α,β-unsaturated/α-hetero) is 2. The summed E-state index contributed by atoms with van der Waals surface area (Å²) in [5.41, 5.74) is 4.68. The van der Waals surface area contributed by atoms with Crippen molar-refractivity contribution in [2.45, 2.75) is 0 Å². The number of nitrogens with zero attached hydrogens (tertiary/aromatic N) is 1. The van der Waals surface area contributed by atoms with Crippen LogP contribution < -0.4 is 5.73 Å². The third kappa shape index (κ3) is 2.39. The molecule has 0 aromatic heterocycles. The molecule has 0 heterocycles. The van der Waals surface area contributed by atoms with E-state index in [0.717, 1.165) is 0 Å². The highest BCUT2D eigenvalue weighted by Crippen LogP contribution is 2.27. The molecular weight excluding hydrogens is 260 g/mol. The summed E-state index contributed by atoms with van der Waals surface area (Å²) < 4.78 is 0. The summed E-state index contributed by atoms with van der Waals surface area (Å²) in [5.74, 6) is -1.76. The minimum Gasteiger partial charge on any atom is -0.393 e. The van der Waals surface area contributed by atoms with Crippen LogP contribution in [-0.2, 0) is 0 Å². The van der Waals surface area contributed by atoms with Crippen LogP contribution in [0.25, 0.3) is 0 Å². The smallest absolute Gasteiger partial charge is 0.303 e. The predicted octanol–water partition coefficient (Wildman–Crippen LogP) is 2.24. The summed E-state index contributed by atoms with van der Waals surface area (Å²) in [6.45, 7) is 0. The van der Waals surface area contributed by atoms with Gasteiger partial charge in [-0.25, -0.2) is 0 Å². The van der Waals surface area contributed by atoms with Crippen LogP contribution in [0.1, 0.15) is 20.7 Å². The van der Waals surface area contributed by atoms with Crippen molar-refractivity contribution in [1.29, 1.82) is 0 Å². The van der Waals surface area contributed by atoms with E-state index in [-0.39, 0.29) is 16.8 Å². The molecule has 0 saturated carbocycles. The van der Waals surface area contributed by atoms with Gasteiger partial charge in [-0.1, -0.05) is 36.4 Å². The molecule has 0 saturated heterocycles. The standard InChI is InChI=1S/C14H10N2O4/c15-11-8-4-7-10(12(11)16(19)20)14(18)13(17)9-5-2-1-3-6-9/h1-8H,15H2. The molecule has 2 aromatic carbocycles. The molecule has 0 amide bonds. The number of hydrogen-bond acceptors (Lipinski definition) is 5. The Bertz CT molecular complexity index is 696. The van der Waals surface area contributed by atoms with Gasteiger partial charge < -0.3 is 5.73 Å². The first-order valence-corrected chi connectivity index (χ1v) is 5.69. The monoisotopic (exact) mass is 270 g/mol. The summed E-state index contributed by atoms with van der Waals surface area (Å²) in [6, 6.07) is 11.8. The number of nitro benzene ring substituents is 1. The van der Waals surface area contributed by atoms with Gasteiger partial charge in [-0.05, 0) is 12.1 Å². The number of nitrogens with two attached hydrogens (primary N) is 1. The number of carbonyl (C=O) groups excluding carboxylic acids is 2. The summed E-state index contributed by atoms with van der Waals surface area (Å²) in [4.78, 5) is 34.3. The Kier molecular flexibility index (Phi) is 3.56. The van der Waals surface area contributed by atoms with E-state index in [1.807, 2.05) is 0 Å². The molecule has 100 valence electrons. The Morgan fingerprint density at radius 2 is 1.60 bits per heavy atom. The van der Waals surface area contributed by atoms with Crippen molar-refractivity contribution in [3.63, 3.8) is 0 Å². The predicted molar refractivity (Wildman–Crippen MR) is 72.6 cm³/mol. The number of anilines is 1. The van der Waals surface area contributed by atoms with Gasteiger partial charge >= 0.3 is 5.69 Å². The fraction of sp³-hybridized carbons (Fsp3) is 0. The van der Waals surface area contributed by atoms with Gasteiger partial charge in [-0.2, -0.15) is 0 Å². The summed E-state index contributed by atoms with van der Waals surface area (Å²) >= 11 is 0. The van der Waals surface area contributed by atoms with Crippen molar-refractivity contribution in [1.82, 2.24) is 0 Å². The maximum Gasteiger partial charge on any atom is 0.303 e. The Hall–Kier alpha value is -3.02. The number of nitro groups is 1. The summed E-state index contributed by atoms with van der Waals surface area (Å²) in [5, 5.41) is 11.0. The second kappa shape index (κ2) is 5.31. The van der Waals surface area contributed by atoms with Crippen LogP contribution in [0.15, 0.2) is 48.5 Å². The van der Waals surface area contributed by atoms with Gasteiger partial charge in [-0.15, -0.1) is 0 Å². The van der Waals surface area contributed by atoms with Crippen molar-refractivity contribution in [2.24, 2.45) is 0 Å². The van der Waals surface area contributed by atoms with Crippen molar-refractivity contribution < 1.29 is 14.5 Å². The molecule has 0 fully saturated rings. The molecule has 0 aliphatic carbocycles. The normalized spacial score (nSPS) is 10.0. The maximum absolute atomic E-state index is 12.1. The van der Waals surface area contributed by atoms with Crippen molar-refractivity contribution in [2.75, 3.05) is 5.73 Å². The van der Waals surface area contributed by atoms with Gasteiger partial charge in [0.15, 0.2) is 0 Å². The molecule has 6 heteroatoms. The number of para-hydroxylation sites is 1. The van der Waals surface area contributed by atoms with Crippen LogP contribution in [0.2, 0.25) is 0 Å². The number of rotatable bonds is 4. The molecule has 0 unspecified atom stereocenters. The minimum atomic E-state index is -0.949.